The Balaban J connectivity index is 2.18. The van der Waals surface area contributed by atoms with Crippen LogP contribution in [0.1, 0.15) is 12.0 Å². The molecule has 1 aromatic carbocycles. The van der Waals surface area contributed by atoms with Crippen molar-refractivity contribution in [3.63, 3.8) is 0 Å². The smallest absolute Gasteiger partial charge is 0.249 e. The van der Waals surface area contributed by atoms with Gasteiger partial charge >= 0.3 is 0 Å². The lowest BCUT2D eigenvalue weighted by Gasteiger charge is -2.13. The van der Waals surface area contributed by atoms with Crippen LogP contribution < -0.4 is 10.6 Å². The zero-order valence-corrected chi connectivity index (χ0v) is 10.3. The molecule has 4 nitrogen and oxygen atoms in total. The van der Waals surface area contributed by atoms with Crippen LogP contribution in [0.4, 0.5) is 5.69 Å². The summed E-state index contributed by atoms with van der Waals surface area (Å²) in [5.74, 6) is -0.496. The van der Waals surface area contributed by atoms with E-state index in [4.69, 9.17) is 0 Å². The average Bonchev–Trinajstić information content (AvgIpc) is 2.53. The Morgan fingerprint density at radius 2 is 2.19 bits per heavy atom. The molecule has 1 heterocycles. The quantitative estimate of drug-likeness (QED) is 0.810. The second-order valence-corrected chi connectivity index (χ2v) is 4.54. The summed E-state index contributed by atoms with van der Waals surface area (Å²) in [6, 6.07) is 5.27. The predicted octanol–water partition coefficient (Wildman–Crippen LogP) is 1.58. The van der Waals surface area contributed by atoms with Crippen molar-refractivity contribution in [2.45, 2.75) is 19.4 Å². The lowest BCUT2D eigenvalue weighted by atomic mass is 10.2. The molecule has 2 rings (SSSR count). The Morgan fingerprint density at radius 1 is 1.44 bits per heavy atom. The van der Waals surface area contributed by atoms with E-state index in [1.54, 1.807) is 0 Å². The summed E-state index contributed by atoms with van der Waals surface area (Å²) in [7, 11) is 0. The number of rotatable bonds is 2. The molecule has 0 radical (unpaired) electrons. The number of amides is 2. The Kier molecular flexibility index (Phi) is 2.96. The molecule has 1 atom stereocenters. The van der Waals surface area contributed by atoms with Crippen LogP contribution in [-0.2, 0) is 9.59 Å². The Bertz CT molecular complexity index is 459. The Labute approximate surface area is 102 Å². The maximum atomic E-state index is 11.4. The van der Waals surface area contributed by atoms with Gasteiger partial charge in [-0.3, -0.25) is 14.9 Å². The third-order valence-electron chi connectivity index (χ3n) is 2.49. The first-order valence-corrected chi connectivity index (χ1v) is 5.72. The van der Waals surface area contributed by atoms with E-state index in [1.165, 1.54) is 0 Å². The molecule has 5 heteroatoms. The second-order valence-electron chi connectivity index (χ2n) is 3.75. The molecule has 1 aliphatic heterocycles. The molecule has 16 heavy (non-hydrogen) atoms. The average molecular weight is 283 g/mol. The highest BCUT2D eigenvalue weighted by Gasteiger charge is 2.30. The van der Waals surface area contributed by atoms with E-state index in [0.717, 1.165) is 15.7 Å². The first kappa shape index (κ1) is 11.1. The van der Waals surface area contributed by atoms with E-state index in [0.29, 0.717) is 0 Å². The number of benzene rings is 1. The molecule has 0 saturated carbocycles. The van der Waals surface area contributed by atoms with Crippen molar-refractivity contribution < 1.29 is 9.59 Å². The van der Waals surface area contributed by atoms with Crippen LogP contribution in [0.15, 0.2) is 22.7 Å². The number of carbonyl (C=O) groups is 2. The maximum Gasteiger partial charge on any atom is 0.249 e. The van der Waals surface area contributed by atoms with Crippen LogP contribution in [0.25, 0.3) is 0 Å². The van der Waals surface area contributed by atoms with Crippen LogP contribution in [0.2, 0.25) is 0 Å². The largest absolute Gasteiger partial charge is 0.372 e. The first-order valence-electron chi connectivity index (χ1n) is 4.93. The van der Waals surface area contributed by atoms with Gasteiger partial charge in [-0.05, 0) is 34.5 Å². The molecule has 1 saturated heterocycles. The van der Waals surface area contributed by atoms with Gasteiger partial charge in [-0.25, -0.2) is 0 Å². The number of hydrogen-bond acceptors (Lipinski definition) is 3. The summed E-state index contributed by atoms with van der Waals surface area (Å²) >= 11 is 3.44. The van der Waals surface area contributed by atoms with Crippen molar-refractivity contribution in [2.24, 2.45) is 0 Å². The van der Waals surface area contributed by atoms with E-state index >= 15 is 0 Å². The van der Waals surface area contributed by atoms with E-state index in [-0.39, 0.29) is 18.2 Å². The first-order chi connectivity index (χ1) is 7.58. The van der Waals surface area contributed by atoms with Crippen LogP contribution in [0.3, 0.4) is 0 Å². The number of halogens is 1. The summed E-state index contributed by atoms with van der Waals surface area (Å²) in [4.78, 5) is 22.4. The number of nitrogens with one attached hydrogen (secondary N) is 2. The van der Waals surface area contributed by atoms with Crippen molar-refractivity contribution in [2.75, 3.05) is 5.32 Å². The number of anilines is 1. The molecule has 2 amide bonds. The van der Waals surface area contributed by atoms with Crippen molar-refractivity contribution >= 4 is 33.4 Å². The monoisotopic (exact) mass is 282 g/mol. The number of imide groups is 1. The van der Waals surface area contributed by atoms with Gasteiger partial charge in [0.2, 0.25) is 11.8 Å². The van der Waals surface area contributed by atoms with Crippen LogP contribution in [-0.4, -0.2) is 17.9 Å². The van der Waals surface area contributed by atoms with Crippen molar-refractivity contribution in [1.82, 2.24) is 5.32 Å². The topological polar surface area (TPSA) is 58.2 Å². The number of hydrogen-bond donors (Lipinski definition) is 2. The molecule has 1 unspecified atom stereocenters. The molecule has 0 aliphatic carbocycles. The normalized spacial score (nSPS) is 19.8. The molecule has 0 bridgehead atoms. The molecule has 0 aromatic heterocycles. The van der Waals surface area contributed by atoms with Crippen molar-refractivity contribution in [3.05, 3.63) is 28.2 Å². The third kappa shape index (κ3) is 2.09. The fraction of sp³-hybridized carbons (Fsp3) is 0.273. The van der Waals surface area contributed by atoms with Crippen LogP contribution in [0, 0.1) is 6.92 Å². The minimum atomic E-state index is -0.467. The lowest BCUT2D eigenvalue weighted by Crippen LogP contribution is -2.30. The minimum Gasteiger partial charge on any atom is -0.372 e. The summed E-state index contributed by atoms with van der Waals surface area (Å²) < 4.78 is 0.919. The summed E-state index contributed by atoms with van der Waals surface area (Å²) in [5.41, 5.74) is 1.91. The van der Waals surface area contributed by atoms with Gasteiger partial charge in [-0.2, -0.15) is 0 Å². The molecular formula is C11H11BrN2O2. The second kappa shape index (κ2) is 4.25. The van der Waals surface area contributed by atoms with E-state index < -0.39 is 6.04 Å². The zero-order valence-electron chi connectivity index (χ0n) is 8.71. The molecule has 84 valence electrons. The Morgan fingerprint density at radius 3 is 2.81 bits per heavy atom. The third-order valence-corrected chi connectivity index (χ3v) is 3.54. The van der Waals surface area contributed by atoms with Gasteiger partial charge in [-0.1, -0.05) is 12.1 Å². The van der Waals surface area contributed by atoms with Gasteiger partial charge in [0.15, 0.2) is 0 Å². The number of carbonyl (C=O) groups excluding carboxylic acids is 2. The molecule has 1 fully saturated rings. The SMILES string of the molecule is Cc1cccc(NC2CC(=O)NC2=O)c1Br. The molecule has 0 spiro atoms. The fourth-order valence-electron chi connectivity index (χ4n) is 1.62. The van der Waals surface area contributed by atoms with Crippen molar-refractivity contribution in [1.29, 1.82) is 0 Å². The standard InChI is InChI=1S/C11H11BrN2O2/c1-6-3-2-4-7(10(6)12)13-8-5-9(15)14-11(8)16/h2-4,8,13H,5H2,1H3,(H,14,15,16). The van der Waals surface area contributed by atoms with E-state index in [1.807, 2.05) is 25.1 Å². The van der Waals surface area contributed by atoms with E-state index in [2.05, 4.69) is 26.6 Å². The lowest BCUT2D eigenvalue weighted by molar-refractivity contribution is -0.124. The van der Waals surface area contributed by atoms with Gasteiger partial charge in [0.05, 0.1) is 6.42 Å². The zero-order chi connectivity index (χ0) is 11.7. The van der Waals surface area contributed by atoms with E-state index in [9.17, 15) is 9.59 Å². The maximum absolute atomic E-state index is 11.4. The van der Waals surface area contributed by atoms with Gasteiger partial charge in [0.25, 0.3) is 0 Å². The Hall–Kier alpha value is -1.36. The van der Waals surface area contributed by atoms with Crippen LogP contribution >= 0.6 is 15.9 Å². The molecule has 1 aromatic rings. The molecule has 2 N–H and O–H groups in total. The minimum absolute atomic E-state index is 0.194. The van der Waals surface area contributed by atoms with Gasteiger partial charge in [0.1, 0.15) is 6.04 Å². The highest BCUT2D eigenvalue weighted by molar-refractivity contribution is 9.10. The predicted molar refractivity (Wildman–Crippen MR) is 64.1 cm³/mol. The highest BCUT2D eigenvalue weighted by atomic mass is 79.9. The van der Waals surface area contributed by atoms with Crippen LogP contribution in [0.5, 0.6) is 0 Å². The highest BCUT2D eigenvalue weighted by Crippen LogP contribution is 2.27. The summed E-state index contributed by atoms with van der Waals surface area (Å²) in [6.45, 7) is 1.97. The summed E-state index contributed by atoms with van der Waals surface area (Å²) in [5, 5.41) is 5.32. The fourth-order valence-corrected chi connectivity index (χ4v) is 2.00. The molecular weight excluding hydrogens is 272 g/mol. The van der Waals surface area contributed by atoms with Gasteiger partial charge in [-0.15, -0.1) is 0 Å². The van der Waals surface area contributed by atoms with Gasteiger partial charge < -0.3 is 5.32 Å². The van der Waals surface area contributed by atoms with Gasteiger partial charge in [0, 0.05) is 10.2 Å². The summed E-state index contributed by atoms with van der Waals surface area (Å²) in [6.07, 6.45) is 0.194. The molecule has 1 aliphatic rings. The van der Waals surface area contributed by atoms with Crippen molar-refractivity contribution in [3.8, 4) is 0 Å². The number of aryl methyl sites for hydroxylation is 1.